The molecule has 0 bridgehead atoms. The second-order valence-corrected chi connectivity index (χ2v) is 8.49. The van der Waals surface area contributed by atoms with E-state index in [0.29, 0.717) is 28.5 Å². The van der Waals surface area contributed by atoms with Crippen LogP contribution in [-0.2, 0) is 4.79 Å². The molecule has 0 fully saturated rings. The van der Waals surface area contributed by atoms with Gasteiger partial charge in [-0.25, -0.2) is 4.99 Å². The summed E-state index contributed by atoms with van der Waals surface area (Å²) in [6.45, 7) is 3.93. The van der Waals surface area contributed by atoms with Crippen LogP contribution in [0.4, 0.5) is 11.4 Å². The van der Waals surface area contributed by atoms with E-state index in [4.69, 9.17) is 0 Å². The fourth-order valence-corrected chi connectivity index (χ4v) is 4.10. The Morgan fingerprint density at radius 1 is 0.833 bits per heavy atom. The van der Waals surface area contributed by atoms with Gasteiger partial charge in [0.15, 0.2) is 0 Å². The van der Waals surface area contributed by atoms with Crippen molar-refractivity contribution in [3.8, 4) is 0 Å². The van der Waals surface area contributed by atoms with Crippen molar-refractivity contribution in [1.29, 1.82) is 0 Å². The zero-order valence-electron chi connectivity index (χ0n) is 20.0. The van der Waals surface area contributed by atoms with E-state index in [9.17, 15) is 9.59 Å². The average Bonchev–Trinajstić information content (AvgIpc) is 3.23. The number of carbonyl (C=O) groups is 2. The van der Waals surface area contributed by atoms with Crippen molar-refractivity contribution in [2.75, 3.05) is 10.2 Å². The number of benzene rings is 3. The van der Waals surface area contributed by atoms with Gasteiger partial charge in [-0.2, -0.15) is 0 Å². The van der Waals surface area contributed by atoms with Crippen molar-refractivity contribution in [2.24, 2.45) is 4.99 Å². The number of aromatic nitrogens is 1. The maximum absolute atomic E-state index is 13.5. The summed E-state index contributed by atoms with van der Waals surface area (Å²) in [6, 6.07) is 27.9. The largest absolute Gasteiger partial charge is 0.322 e. The molecule has 0 radical (unpaired) electrons. The van der Waals surface area contributed by atoms with Gasteiger partial charge in [-0.3, -0.25) is 19.5 Å². The molecule has 3 aromatic carbocycles. The molecule has 1 aromatic heterocycles. The van der Waals surface area contributed by atoms with E-state index in [1.807, 2.05) is 80.6 Å². The number of para-hydroxylation sites is 1. The minimum Gasteiger partial charge on any atom is -0.322 e. The van der Waals surface area contributed by atoms with E-state index >= 15 is 0 Å². The molecule has 4 aromatic rings. The van der Waals surface area contributed by atoms with E-state index in [1.165, 1.54) is 0 Å². The molecule has 0 aliphatic carbocycles. The third-order valence-corrected chi connectivity index (χ3v) is 5.97. The topological polar surface area (TPSA) is 74.7 Å². The van der Waals surface area contributed by atoms with Crippen molar-refractivity contribution >= 4 is 35.1 Å². The first kappa shape index (κ1) is 22.9. The molecule has 176 valence electrons. The lowest BCUT2D eigenvalue weighted by molar-refractivity contribution is -0.113. The van der Waals surface area contributed by atoms with Gasteiger partial charge < -0.3 is 5.32 Å². The smallest absolute Gasteiger partial charge is 0.282 e. The molecule has 6 nitrogen and oxygen atoms in total. The average molecular weight is 473 g/mol. The summed E-state index contributed by atoms with van der Waals surface area (Å²) in [4.78, 5) is 36.9. The summed E-state index contributed by atoms with van der Waals surface area (Å²) in [5.41, 5.74) is 5.68. The van der Waals surface area contributed by atoms with Crippen LogP contribution in [0.1, 0.15) is 32.7 Å². The Balaban J connectivity index is 1.46. The standard InChI is InChI=1S/C30H24N4O2/c1-20-9-8-10-21(2)27(20)33-29(35)23-14-16-25(17-15-23)34-28(22-11-4-3-5-12-22)32-26(30(34)36)19-24-13-6-7-18-31-24/h3-19H,1-2H3,(H,33,35)/b26-19-. The van der Waals surface area contributed by atoms with E-state index in [-0.39, 0.29) is 11.8 Å². The number of hydrogen-bond donors (Lipinski definition) is 1. The number of aryl methyl sites for hydroxylation is 2. The minimum atomic E-state index is -0.257. The zero-order valence-corrected chi connectivity index (χ0v) is 20.0. The Morgan fingerprint density at radius 3 is 2.19 bits per heavy atom. The number of amides is 2. The number of nitrogens with zero attached hydrogens (tertiary/aromatic N) is 3. The lowest BCUT2D eigenvalue weighted by Crippen LogP contribution is -2.32. The van der Waals surface area contributed by atoms with Crippen LogP contribution in [0.15, 0.2) is 108 Å². The molecule has 36 heavy (non-hydrogen) atoms. The van der Waals surface area contributed by atoms with Gasteiger partial charge in [0.25, 0.3) is 11.8 Å². The number of anilines is 2. The maximum atomic E-state index is 13.5. The number of amidine groups is 1. The van der Waals surface area contributed by atoms with Crippen molar-refractivity contribution < 1.29 is 9.59 Å². The second-order valence-electron chi connectivity index (χ2n) is 8.49. The molecule has 6 heteroatoms. The molecule has 2 heterocycles. The van der Waals surface area contributed by atoms with Gasteiger partial charge in [0.2, 0.25) is 0 Å². The van der Waals surface area contributed by atoms with Crippen LogP contribution in [0.3, 0.4) is 0 Å². The number of pyridine rings is 1. The highest BCUT2D eigenvalue weighted by Gasteiger charge is 2.32. The van der Waals surface area contributed by atoms with Gasteiger partial charge in [0, 0.05) is 23.0 Å². The minimum absolute atomic E-state index is 0.209. The van der Waals surface area contributed by atoms with Crippen LogP contribution in [0.5, 0.6) is 0 Å². The number of nitrogens with one attached hydrogen (secondary N) is 1. The van der Waals surface area contributed by atoms with Gasteiger partial charge in [0.05, 0.1) is 11.4 Å². The number of aliphatic imine (C=N–C) groups is 1. The van der Waals surface area contributed by atoms with E-state index in [0.717, 1.165) is 22.4 Å². The van der Waals surface area contributed by atoms with Crippen LogP contribution in [-0.4, -0.2) is 22.6 Å². The van der Waals surface area contributed by atoms with Gasteiger partial charge in [-0.1, -0.05) is 54.6 Å². The van der Waals surface area contributed by atoms with Crippen LogP contribution in [0.25, 0.3) is 6.08 Å². The third-order valence-electron chi connectivity index (χ3n) is 5.97. The Kier molecular flexibility index (Phi) is 6.24. The van der Waals surface area contributed by atoms with Crippen LogP contribution < -0.4 is 10.2 Å². The van der Waals surface area contributed by atoms with Crippen molar-refractivity contribution in [3.63, 3.8) is 0 Å². The summed E-state index contributed by atoms with van der Waals surface area (Å²) in [5.74, 6) is 0.0575. The van der Waals surface area contributed by atoms with Crippen LogP contribution in [0, 0.1) is 13.8 Å². The Bertz CT molecular complexity index is 1470. The summed E-state index contributed by atoms with van der Waals surface area (Å²) in [7, 11) is 0. The molecule has 1 N–H and O–H groups in total. The van der Waals surface area contributed by atoms with E-state index < -0.39 is 0 Å². The molecule has 2 amide bonds. The zero-order chi connectivity index (χ0) is 25.1. The Labute approximate surface area is 209 Å². The summed E-state index contributed by atoms with van der Waals surface area (Å²) >= 11 is 0. The lowest BCUT2D eigenvalue weighted by atomic mass is 10.1. The highest BCUT2D eigenvalue weighted by Crippen LogP contribution is 2.28. The normalized spacial score (nSPS) is 14.2. The lowest BCUT2D eigenvalue weighted by Gasteiger charge is -2.19. The molecular weight excluding hydrogens is 448 g/mol. The maximum Gasteiger partial charge on any atom is 0.282 e. The quantitative estimate of drug-likeness (QED) is 0.374. The fraction of sp³-hybridized carbons (Fsp3) is 0.0667. The first-order chi connectivity index (χ1) is 17.5. The van der Waals surface area contributed by atoms with Gasteiger partial charge in [0.1, 0.15) is 11.5 Å². The predicted molar refractivity (Wildman–Crippen MR) is 143 cm³/mol. The fourth-order valence-electron chi connectivity index (χ4n) is 4.10. The summed E-state index contributed by atoms with van der Waals surface area (Å²) in [6.07, 6.45) is 3.35. The number of hydrogen-bond acceptors (Lipinski definition) is 4. The predicted octanol–water partition coefficient (Wildman–Crippen LogP) is 5.79. The van der Waals surface area contributed by atoms with Crippen LogP contribution >= 0.6 is 0 Å². The molecule has 0 saturated heterocycles. The SMILES string of the molecule is Cc1cccc(C)c1NC(=O)c1ccc(N2C(=O)/C(=C/c3ccccn3)N=C2c2ccccc2)cc1. The first-order valence-electron chi connectivity index (χ1n) is 11.6. The molecule has 0 saturated carbocycles. The highest BCUT2D eigenvalue weighted by atomic mass is 16.2. The van der Waals surface area contributed by atoms with E-state index in [1.54, 1.807) is 41.4 Å². The molecule has 0 unspecified atom stereocenters. The van der Waals surface area contributed by atoms with Crippen molar-refractivity contribution in [1.82, 2.24) is 4.98 Å². The number of rotatable bonds is 5. The van der Waals surface area contributed by atoms with Crippen LogP contribution in [0.2, 0.25) is 0 Å². The van der Waals surface area contributed by atoms with Crippen molar-refractivity contribution in [2.45, 2.75) is 13.8 Å². The number of carbonyl (C=O) groups excluding carboxylic acids is 2. The Morgan fingerprint density at radius 2 is 1.53 bits per heavy atom. The first-order valence-corrected chi connectivity index (χ1v) is 11.6. The van der Waals surface area contributed by atoms with Gasteiger partial charge in [-0.05, 0) is 67.4 Å². The summed E-state index contributed by atoms with van der Waals surface area (Å²) < 4.78 is 0. The monoisotopic (exact) mass is 472 g/mol. The molecule has 1 aliphatic heterocycles. The van der Waals surface area contributed by atoms with E-state index in [2.05, 4.69) is 15.3 Å². The molecular formula is C30H24N4O2. The molecule has 1 aliphatic rings. The summed E-state index contributed by atoms with van der Waals surface area (Å²) in [5, 5.41) is 3.00. The second kappa shape index (κ2) is 9.80. The third kappa shape index (κ3) is 4.57. The van der Waals surface area contributed by atoms with Gasteiger partial charge in [-0.15, -0.1) is 0 Å². The van der Waals surface area contributed by atoms with Gasteiger partial charge >= 0.3 is 0 Å². The van der Waals surface area contributed by atoms with Crippen molar-refractivity contribution in [3.05, 3.63) is 131 Å². The Hall–Kier alpha value is -4.84. The molecule has 0 spiro atoms. The molecule has 0 atom stereocenters. The molecule has 5 rings (SSSR count). The highest BCUT2D eigenvalue weighted by molar-refractivity contribution is 6.33.